The van der Waals surface area contributed by atoms with Crippen LogP contribution in [0.25, 0.3) is 0 Å². The fourth-order valence-electron chi connectivity index (χ4n) is 3.98. The average Bonchev–Trinajstić information content (AvgIpc) is 2.97. The molecular formula is C18H28N2. The van der Waals surface area contributed by atoms with Crippen LogP contribution >= 0.6 is 0 Å². The van der Waals surface area contributed by atoms with Gasteiger partial charge in [-0.15, -0.1) is 0 Å². The second kappa shape index (κ2) is 5.16. The molecule has 2 fully saturated rings. The minimum atomic E-state index is 0.131. The largest absolute Gasteiger partial charge is 0.308 e. The molecule has 1 unspecified atom stereocenters. The Morgan fingerprint density at radius 3 is 2.35 bits per heavy atom. The van der Waals surface area contributed by atoms with Crippen LogP contribution in [0.1, 0.15) is 52.0 Å². The topological polar surface area (TPSA) is 15.3 Å². The average molecular weight is 272 g/mol. The van der Waals surface area contributed by atoms with Crippen LogP contribution in [0, 0.1) is 0 Å². The molecule has 2 nitrogen and oxygen atoms in total. The van der Waals surface area contributed by atoms with Gasteiger partial charge in [-0.05, 0) is 39.2 Å². The van der Waals surface area contributed by atoms with E-state index in [4.69, 9.17) is 0 Å². The van der Waals surface area contributed by atoms with Gasteiger partial charge in [-0.25, -0.2) is 0 Å². The van der Waals surface area contributed by atoms with E-state index in [9.17, 15) is 0 Å². The normalized spacial score (nSPS) is 31.6. The van der Waals surface area contributed by atoms with E-state index in [0.717, 1.165) is 19.1 Å². The van der Waals surface area contributed by atoms with Crippen molar-refractivity contribution in [3.05, 3.63) is 35.9 Å². The molecule has 1 aromatic carbocycles. The molecule has 0 bridgehead atoms. The molecule has 0 spiro atoms. The summed E-state index contributed by atoms with van der Waals surface area (Å²) in [6, 6.07) is 11.8. The molecule has 110 valence electrons. The van der Waals surface area contributed by atoms with E-state index >= 15 is 0 Å². The molecule has 1 heterocycles. The van der Waals surface area contributed by atoms with E-state index in [-0.39, 0.29) is 11.1 Å². The van der Waals surface area contributed by atoms with Gasteiger partial charge >= 0.3 is 0 Å². The lowest BCUT2D eigenvalue weighted by Gasteiger charge is -2.54. The lowest BCUT2D eigenvalue weighted by molar-refractivity contribution is -0.00967. The summed E-state index contributed by atoms with van der Waals surface area (Å²) < 4.78 is 0. The molecule has 1 N–H and O–H groups in total. The van der Waals surface area contributed by atoms with Crippen LogP contribution < -0.4 is 5.32 Å². The predicted molar refractivity (Wildman–Crippen MR) is 84.8 cm³/mol. The van der Waals surface area contributed by atoms with Crippen molar-refractivity contribution in [2.75, 3.05) is 13.1 Å². The van der Waals surface area contributed by atoms with Crippen molar-refractivity contribution in [3.63, 3.8) is 0 Å². The molecule has 20 heavy (non-hydrogen) atoms. The van der Waals surface area contributed by atoms with Gasteiger partial charge in [-0.1, -0.05) is 43.2 Å². The van der Waals surface area contributed by atoms with Crippen molar-refractivity contribution in [1.29, 1.82) is 0 Å². The first-order valence-electron chi connectivity index (χ1n) is 8.09. The lowest BCUT2D eigenvalue weighted by Crippen LogP contribution is -2.67. The molecule has 3 rings (SSSR count). The molecule has 0 aromatic heterocycles. The smallest absolute Gasteiger partial charge is 0.0560 e. The second-order valence-corrected chi connectivity index (χ2v) is 7.44. The van der Waals surface area contributed by atoms with Crippen LogP contribution in [0.3, 0.4) is 0 Å². The summed E-state index contributed by atoms with van der Waals surface area (Å²) in [4.78, 5) is 2.80. The van der Waals surface area contributed by atoms with Crippen molar-refractivity contribution >= 4 is 0 Å². The monoisotopic (exact) mass is 272 g/mol. The molecule has 1 aliphatic heterocycles. The fourth-order valence-corrected chi connectivity index (χ4v) is 3.98. The zero-order valence-corrected chi connectivity index (χ0v) is 13.2. The third kappa shape index (κ3) is 2.51. The van der Waals surface area contributed by atoms with E-state index in [1.165, 1.54) is 31.2 Å². The Morgan fingerprint density at radius 2 is 1.70 bits per heavy atom. The Balaban J connectivity index is 1.94. The SMILES string of the molecule is CC1(C)CN(C2CCCC2)C(C)(c2ccccc2)CN1. The summed E-state index contributed by atoms with van der Waals surface area (Å²) in [5.74, 6) is 0. The number of nitrogens with zero attached hydrogens (tertiary/aromatic N) is 1. The van der Waals surface area contributed by atoms with Crippen molar-refractivity contribution < 1.29 is 0 Å². The van der Waals surface area contributed by atoms with E-state index in [1.54, 1.807) is 0 Å². The first-order valence-corrected chi connectivity index (χ1v) is 8.09. The van der Waals surface area contributed by atoms with Crippen LogP contribution in [-0.2, 0) is 5.54 Å². The Kier molecular flexibility index (Phi) is 3.64. The molecule has 2 heteroatoms. The van der Waals surface area contributed by atoms with Crippen molar-refractivity contribution in [3.8, 4) is 0 Å². The Labute approximate surface area is 123 Å². The van der Waals surface area contributed by atoms with E-state index in [1.807, 2.05) is 0 Å². The number of hydrogen-bond donors (Lipinski definition) is 1. The van der Waals surface area contributed by atoms with Gasteiger partial charge < -0.3 is 5.32 Å². The number of piperazine rings is 1. The van der Waals surface area contributed by atoms with Gasteiger partial charge in [0.15, 0.2) is 0 Å². The van der Waals surface area contributed by atoms with Gasteiger partial charge in [-0.2, -0.15) is 0 Å². The molecule has 2 aliphatic rings. The van der Waals surface area contributed by atoms with Crippen LogP contribution in [0.15, 0.2) is 30.3 Å². The first kappa shape index (κ1) is 14.1. The van der Waals surface area contributed by atoms with Gasteiger partial charge in [0, 0.05) is 24.7 Å². The summed E-state index contributed by atoms with van der Waals surface area (Å²) in [5, 5.41) is 3.76. The summed E-state index contributed by atoms with van der Waals surface area (Å²) in [5.41, 5.74) is 1.80. The first-order chi connectivity index (χ1) is 9.51. The summed E-state index contributed by atoms with van der Waals surface area (Å²) in [6.07, 6.45) is 5.55. The number of nitrogens with one attached hydrogen (secondary N) is 1. The van der Waals surface area contributed by atoms with Gasteiger partial charge in [0.2, 0.25) is 0 Å². The summed E-state index contributed by atoms with van der Waals surface area (Å²) in [7, 11) is 0. The third-order valence-electron chi connectivity index (χ3n) is 5.27. The Morgan fingerprint density at radius 1 is 1.05 bits per heavy atom. The highest BCUT2D eigenvalue weighted by Crippen LogP contribution is 2.38. The summed E-state index contributed by atoms with van der Waals surface area (Å²) in [6.45, 7) is 9.27. The van der Waals surface area contributed by atoms with Crippen molar-refractivity contribution in [2.24, 2.45) is 0 Å². The number of rotatable bonds is 2. The minimum absolute atomic E-state index is 0.131. The van der Waals surface area contributed by atoms with Gasteiger partial charge in [0.05, 0.1) is 5.54 Å². The van der Waals surface area contributed by atoms with Crippen LogP contribution in [0.5, 0.6) is 0 Å². The van der Waals surface area contributed by atoms with Gasteiger partial charge in [-0.3, -0.25) is 4.90 Å². The van der Waals surface area contributed by atoms with Crippen molar-refractivity contribution in [2.45, 2.75) is 63.6 Å². The van der Waals surface area contributed by atoms with Crippen LogP contribution in [-0.4, -0.2) is 29.6 Å². The molecular weight excluding hydrogens is 244 g/mol. The zero-order valence-electron chi connectivity index (χ0n) is 13.2. The maximum atomic E-state index is 3.76. The molecule has 0 amide bonds. The molecule has 1 aromatic rings. The molecule has 0 radical (unpaired) electrons. The third-order valence-corrected chi connectivity index (χ3v) is 5.27. The lowest BCUT2D eigenvalue weighted by atomic mass is 9.82. The Hall–Kier alpha value is -0.860. The molecule has 1 aliphatic carbocycles. The van der Waals surface area contributed by atoms with Crippen LogP contribution in [0.4, 0.5) is 0 Å². The van der Waals surface area contributed by atoms with Crippen molar-refractivity contribution in [1.82, 2.24) is 10.2 Å². The van der Waals surface area contributed by atoms with Gasteiger partial charge in [0.25, 0.3) is 0 Å². The second-order valence-electron chi connectivity index (χ2n) is 7.44. The van der Waals surface area contributed by atoms with Gasteiger partial charge in [0.1, 0.15) is 0 Å². The van der Waals surface area contributed by atoms with E-state index in [2.05, 4.69) is 61.3 Å². The highest BCUT2D eigenvalue weighted by atomic mass is 15.3. The zero-order chi connectivity index (χ0) is 14.2. The molecule has 1 saturated carbocycles. The quantitative estimate of drug-likeness (QED) is 0.886. The maximum Gasteiger partial charge on any atom is 0.0560 e. The number of benzene rings is 1. The summed E-state index contributed by atoms with van der Waals surface area (Å²) >= 11 is 0. The Bertz CT molecular complexity index is 448. The van der Waals surface area contributed by atoms with Crippen LogP contribution in [0.2, 0.25) is 0 Å². The fraction of sp³-hybridized carbons (Fsp3) is 0.667. The molecule has 1 saturated heterocycles. The highest BCUT2D eigenvalue weighted by Gasteiger charge is 2.45. The van der Waals surface area contributed by atoms with E-state index in [0.29, 0.717) is 0 Å². The maximum absolute atomic E-state index is 3.76. The minimum Gasteiger partial charge on any atom is -0.308 e. The standard InChI is InChI=1S/C18H28N2/c1-17(2)14-20(16-11-7-8-12-16)18(3,13-19-17)15-9-5-4-6-10-15/h4-6,9-10,16,19H,7-8,11-14H2,1-3H3. The van der Waals surface area contributed by atoms with E-state index < -0.39 is 0 Å². The molecule has 1 atom stereocenters. The predicted octanol–water partition coefficient (Wildman–Crippen LogP) is 3.53. The highest BCUT2D eigenvalue weighted by molar-refractivity contribution is 5.26. The number of hydrogen-bond acceptors (Lipinski definition) is 2.